The number of rotatable bonds is 6. The number of amides is 1. The fraction of sp³-hybridized carbons (Fsp3) is 0.364. The third-order valence-corrected chi connectivity index (χ3v) is 5.98. The second-order valence-corrected chi connectivity index (χ2v) is 8.20. The molecule has 3 rings (SSSR count). The van der Waals surface area contributed by atoms with Gasteiger partial charge in [-0.1, -0.05) is 13.0 Å². The molecule has 1 aliphatic rings. The van der Waals surface area contributed by atoms with E-state index in [0.717, 1.165) is 29.7 Å². The Kier molecular flexibility index (Phi) is 6.85. The highest BCUT2D eigenvalue weighted by Gasteiger charge is 2.29. The van der Waals surface area contributed by atoms with Gasteiger partial charge in [-0.05, 0) is 55.9 Å². The van der Waals surface area contributed by atoms with E-state index in [0.29, 0.717) is 22.0 Å². The molecule has 0 bridgehead atoms. The van der Waals surface area contributed by atoms with Gasteiger partial charge >= 0.3 is 11.9 Å². The molecule has 1 heterocycles. The first-order valence-electron chi connectivity index (χ1n) is 9.71. The van der Waals surface area contributed by atoms with Gasteiger partial charge in [-0.15, -0.1) is 11.3 Å². The van der Waals surface area contributed by atoms with Crippen molar-refractivity contribution in [3.05, 3.63) is 51.4 Å². The van der Waals surface area contributed by atoms with Crippen LogP contribution < -0.4 is 5.32 Å². The maximum absolute atomic E-state index is 12.5. The molecule has 30 heavy (non-hydrogen) atoms. The van der Waals surface area contributed by atoms with Crippen LogP contribution in [0.2, 0.25) is 0 Å². The maximum atomic E-state index is 12.5. The smallest absolute Gasteiger partial charge is 0.341 e. The number of anilines is 1. The Labute approximate surface area is 178 Å². The highest BCUT2D eigenvalue weighted by Crippen LogP contribution is 2.40. The summed E-state index contributed by atoms with van der Waals surface area (Å²) in [7, 11) is 0. The highest BCUT2D eigenvalue weighted by molar-refractivity contribution is 7.17. The van der Waals surface area contributed by atoms with Gasteiger partial charge in [-0.3, -0.25) is 4.79 Å². The Bertz CT molecular complexity index is 1020. The Balaban J connectivity index is 1.70. The summed E-state index contributed by atoms with van der Waals surface area (Å²) in [4.78, 5) is 38.1. The lowest BCUT2D eigenvalue weighted by Gasteiger charge is -2.18. The predicted octanol–water partition coefficient (Wildman–Crippen LogP) is 3.72. The van der Waals surface area contributed by atoms with E-state index in [2.05, 4.69) is 12.2 Å². The van der Waals surface area contributed by atoms with Crippen molar-refractivity contribution >= 4 is 34.2 Å². The molecular weight excluding hydrogens is 404 g/mol. The predicted molar refractivity (Wildman–Crippen MR) is 112 cm³/mol. The molecule has 1 unspecified atom stereocenters. The van der Waals surface area contributed by atoms with Crippen molar-refractivity contribution in [1.29, 1.82) is 5.26 Å². The van der Waals surface area contributed by atoms with Crippen molar-refractivity contribution < 1.29 is 23.9 Å². The Hall–Kier alpha value is -3.18. The summed E-state index contributed by atoms with van der Waals surface area (Å²) in [6.07, 6.45) is 2.59. The van der Waals surface area contributed by atoms with Crippen LogP contribution >= 0.6 is 11.3 Å². The van der Waals surface area contributed by atoms with E-state index in [-0.39, 0.29) is 12.2 Å². The monoisotopic (exact) mass is 426 g/mol. The first-order chi connectivity index (χ1) is 14.4. The first kappa shape index (κ1) is 21.5. The third kappa shape index (κ3) is 4.86. The summed E-state index contributed by atoms with van der Waals surface area (Å²) in [5.74, 6) is -1.19. The quantitative estimate of drug-likeness (QED) is 0.706. The normalized spacial score (nSPS) is 14.9. The van der Waals surface area contributed by atoms with Crippen molar-refractivity contribution in [2.75, 3.05) is 18.5 Å². The number of hydrogen-bond acceptors (Lipinski definition) is 7. The molecule has 0 radical (unpaired) electrons. The van der Waals surface area contributed by atoms with Crippen LogP contribution in [0.15, 0.2) is 24.3 Å². The third-order valence-electron chi connectivity index (χ3n) is 4.81. The second kappa shape index (κ2) is 9.55. The molecule has 2 aromatic rings. The van der Waals surface area contributed by atoms with Crippen molar-refractivity contribution in [1.82, 2.24) is 0 Å². The van der Waals surface area contributed by atoms with E-state index in [1.807, 2.05) is 6.07 Å². The largest absolute Gasteiger partial charge is 0.462 e. The number of ether oxygens (including phenoxy) is 2. The Morgan fingerprint density at radius 1 is 1.27 bits per heavy atom. The van der Waals surface area contributed by atoms with Crippen LogP contribution in [0.5, 0.6) is 0 Å². The number of fused-ring (bicyclic) bond motifs is 1. The van der Waals surface area contributed by atoms with Crippen LogP contribution in [0.3, 0.4) is 0 Å². The molecule has 1 amide bonds. The molecule has 1 N–H and O–H groups in total. The van der Waals surface area contributed by atoms with Gasteiger partial charge in [0.2, 0.25) is 0 Å². The molecule has 0 spiro atoms. The topological polar surface area (TPSA) is 105 Å². The number of hydrogen-bond donors (Lipinski definition) is 1. The van der Waals surface area contributed by atoms with Gasteiger partial charge in [0, 0.05) is 4.88 Å². The van der Waals surface area contributed by atoms with Gasteiger partial charge in [-0.25, -0.2) is 9.59 Å². The minimum atomic E-state index is -0.702. The van der Waals surface area contributed by atoms with E-state index in [1.54, 1.807) is 19.1 Å². The van der Waals surface area contributed by atoms with E-state index in [4.69, 9.17) is 14.7 Å². The lowest BCUT2D eigenvalue weighted by Crippen LogP contribution is -2.22. The van der Waals surface area contributed by atoms with Gasteiger partial charge in [0.05, 0.1) is 29.4 Å². The van der Waals surface area contributed by atoms with Crippen LogP contribution in [-0.2, 0) is 27.1 Å². The number of benzene rings is 1. The molecule has 0 fully saturated rings. The molecule has 8 heteroatoms. The molecule has 1 aromatic carbocycles. The minimum Gasteiger partial charge on any atom is -0.462 e. The van der Waals surface area contributed by atoms with E-state index < -0.39 is 24.5 Å². The summed E-state index contributed by atoms with van der Waals surface area (Å²) in [6.45, 7) is 3.63. The fourth-order valence-electron chi connectivity index (χ4n) is 3.35. The van der Waals surface area contributed by atoms with Crippen LogP contribution in [0.25, 0.3) is 0 Å². The number of thiophene rings is 1. The summed E-state index contributed by atoms with van der Waals surface area (Å²) in [5, 5.41) is 12.0. The van der Waals surface area contributed by atoms with Gasteiger partial charge < -0.3 is 14.8 Å². The zero-order chi connectivity index (χ0) is 21.7. The van der Waals surface area contributed by atoms with Crippen LogP contribution in [0.1, 0.15) is 57.0 Å². The highest BCUT2D eigenvalue weighted by atomic mass is 32.1. The number of carbonyl (C=O) groups excluding carboxylic acids is 3. The Morgan fingerprint density at radius 3 is 2.80 bits per heavy atom. The van der Waals surface area contributed by atoms with Gasteiger partial charge in [0.1, 0.15) is 5.00 Å². The summed E-state index contributed by atoms with van der Waals surface area (Å²) in [5.41, 5.74) is 1.86. The lowest BCUT2D eigenvalue weighted by molar-refractivity contribution is -0.119. The average molecular weight is 426 g/mol. The number of nitriles is 1. The van der Waals surface area contributed by atoms with Gasteiger partial charge in [0.15, 0.2) is 6.61 Å². The van der Waals surface area contributed by atoms with Crippen molar-refractivity contribution in [2.24, 2.45) is 5.92 Å². The molecule has 1 aromatic heterocycles. The summed E-state index contributed by atoms with van der Waals surface area (Å²) >= 11 is 1.37. The molecule has 7 nitrogen and oxygen atoms in total. The van der Waals surface area contributed by atoms with Crippen molar-refractivity contribution in [3.8, 4) is 6.07 Å². The van der Waals surface area contributed by atoms with E-state index in [9.17, 15) is 14.4 Å². The number of esters is 2. The maximum Gasteiger partial charge on any atom is 0.341 e. The zero-order valence-corrected chi connectivity index (χ0v) is 17.6. The summed E-state index contributed by atoms with van der Waals surface area (Å²) < 4.78 is 10.2. The average Bonchev–Trinajstić information content (AvgIpc) is 3.08. The molecule has 0 saturated heterocycles. The van der Waals surface area contributed by atoms with Crippen molar-refractivity contribution in [3.63, 3.8) is 0 Å². The number of carbonyl (C=O) groups is 3. The number of nitrogens with one attached hydrogen (secondary N) is 1. The van der Waals surface area contributed by atoms with Gasteiger partial charge in [0.25, 0.3) is 5.91 Å². The van der Waals surface area contributed by atoms with Crippen molar-refractivity contribution in [2.45, 2.75) is 33.1 Å². The van der Waals surface area contributed by atoms with Gasteiger partial charge in [-0.2, -0.15) is 5.26 Å². The van der Waals surface area contributed by atoms with E-state index in [1.165, 1.54) is 23.5 Å². The minimum absolute atomic E-state index is 0.189. The molecule has 156 valence electrons. The number of nitrogens with zero attached hydrogens (tertiary/aromatic N) is 1. The standard InChI is InChI=1S/C22H22N2O5S/c1-3-28-22(27)19-16-8-7-13(2)9-17(16)30-20(19)24-18(25)12-29-21(26)15-6-4-5-14(10-15)11-23/h4-6,10,13H,3,7-9,12H2,1-2H3,(H,24,25). The SMILES string of the molecule is CCOC(=O)c1c(NC(=O)COC(=O)c2cccc(C#N)c2)sc2c1CCC(C)C2. The molecule has 0 saturated carbocycles. The summed E-state index contributed by atoms with van der Waals surface area (Å²) in [6, 6.07) is 7.99. The zero-order valence-electron chi connectivity index (χ0n) is 16.8. The molecule has 1 aliphatic carbocycles. The lowest BCUT2D eigenvalue weighted by atomic mass is 9.88. The fourth-order valence-corrected chi connectivity index (χ4v) is 4.77. The molecule has 1 atom stereocenters. The molecule has 0 aliphatic heterocycles. The van der Waals surface area contributed by atoms with Crippen LogP contribution in [0, 0.1) is 17.2 Å². The first-order valence-corrected chi connectivity index (χ1v) is 10.5. The van der Waals surface area contributed by atoms with Crippen LogP contribution in [-0.4, -0.2) is 31.1 Å². The molecular formula is C22H22N2O5S. The second-order valence-electron chi connectivity index (χ2n) is 7.09. The Morgan fingerprint density at radius 2 is 2.07 bits per heavy atom. The van der Waals surface area contributed by atoms with E-state index >= 15 is 0 Å². The van der Waals surface area contributed by atoms with Crippen LogP contribution in [0.4, 0.5) is 5.00 Å².